The van der Waals surface area contributed by atoms with E-state index in [1.54, 1.807) is 0 Å². The third kappa shape index (κ3) is 3.47. The molecule has 86 valence electrons. The van der Waals surface area contributed by atoms with Crippen LogP contribution in [0.4, 0.5) is 0 Å². The molecule has 2 aliphatic rings. The van der Waals surface area contributed by atoms with E-state index in [2.05, 4.69) is 0 Å². The van der Waals surface area contributed by atoms with Crippen molar-refractivity contribution >= 4 is 5.97 Å². The Labute approximate surface area is 89.9 Å². The molecule has 0 bridgehead atoms. The summed E-state index contributed by atoms with van der Waals surface area (Å²) in [6.07, 6.45) is 5.75. The van der Waals surface area contributed by atoms with Gasteiger partial charge in [-0.1, -0.05) is 0 Å². The minimum absolute atomic E-state index is 0.00680. The van der Waals surface area contributed by atoms with Gasteiger partial charge in [-0.05, 0) is 32.1 Å². The highest BCUT2D eigenvalue weighted by molar-refractivity contribution is 5.70. The molecule has 0 spiro atoms. The molecule has 1 atom stereocenters. The number of carbonyl (C=O) groups excluding carboxylic acids is 1. The zero-order valence-corrected chi connectivity index (χ0v) is 8.94. The molecule has 15 heavy (non-hydrogen) atoms. The van der Waals surface area contributed by atoms with Crippen molar-refractivity contribution in [2.75, 3.05) is 13.4 Å². The van der Waals surface area contributed by atoms with Gasteiger partial charge in [-0.3, -0.25) is 4.79 Å². The second-order valence-electron chi connectivity index (χ2n) is 4.20. The van der Waals surface area contributed by atoms with Crippen molar-refractivity contribution < 1.29 is 19.0 Å². The zero-order valence-electron chi connectivity index (χ0n) is 8.94. The molecule has 0 radical (unpaired) electrons. The molecule has 1 saturated carbocycles. The van der Waals surface area contributed by atoms with E-state index < -0.39 is 0 Å². The lowest BCUT2D eigenvalue weighted by Crippen LogP contribution is -2.28. The summed E-state index contributed by atoms with van der Waals surface area (Å²) in [4.78, 5) is 11.5. The second kappa shape index (κ2) is 5.47. The molecule has 1 saturated heterocycles. The van der Waals surface area contributed by atoms with Crippen LogP contribution in [0.25, 0.3) is 0 Å². The number of ether oxygens (including phenoxy) is 3. The highest BCUT2D eigenvalue weighted by Gasteiger charge is 2.23. The largest absolute Gasteiger partial charge is 0.462 e. The standard InChI is InChI=1S/C11H18O4/c12-11(15-9-3-1-2-4-9)7-10-5-6-13-8-14-10/h9-10H,1-8H2. The van der Waals surface area contributed by atoms with Crippen molar-refractivity contribution in [1.29, 1.82) is 0 Å². The monoisotopic (exact) mass is 214 g/mol. The molecule has 1 unspecified atom stereocenters. The van der Waals surface area contributed by atoms with E-state index in [9.17, 15) is 4.79 Å². The third-order valence-corrected chi connectivity index (χ3v) is 2.97. The molecule has 0 aromatic carbocycles. The summed E-state index contributed by atoms with van der Waals surface area (Å²) in [7, 11) is 0. The van der Waals surface area contributed by atoms with Crippen molar-refractivity contribution in [3.8, 4) is 0 Å². The van der Waals surface area contributed by atoms with Gasteiger partial charge >= 0.3 is 5.97 Å². The minimum Gasteiger partial charge on any atom is -0.462 e. The van der Waals surface area contributed by atoms with Crippen LogP contribution >= 0.6 is 0 Å². The van der Waals surface area contributed by atoms with Crippen LogP contribution in [-0.4, -0.2) is 31.6 Å². The van der Waals surface area contributed by atoms with Gasteiger partial charge in [0.1, 0.15) is 12.9 Å². The molecule has 4 heteroatoms. The van der Waals surface area contributed by atoms with Gasteiger partial charge in [-0.25, -0.2) is 0 Å². The van der Waals surface area contributed by atoms with Crippen LogP contribution < -0.4 is 0 Å². The Balaban J connectivity index is 1.66. The lowest BCUT2D eigenvalue weighted by atomic mass is 10.2. The summed E-state index contributed by atoms with van der Waals surface area (Å²) in [6, 6.07) is 0. The van der Waals surface area contributed by atoms with Crippen LogP contribution in [0.5, 0.6) is 0 Å². The van der Waals surface area contributed by atoms with Crippen molar-refractivity contribution in [3.63, 3.8) is 0 Å². The quantitative estimate of drug-likeness (QED) is 0.670. The van der Waals surface area contributed by atoms with Crippen molar-refractivity contribution in [2.24, 2.45) is 0 Å². The molecule has 1 aliphatic heterocycles. The fourth-order valence-corrected chi connectivity index (χ4v) is 2.09. The maximum atomic E-state index is 11.5. The lowest BCUT2D eigenvalue weighted by Gasteiger charge is -2.22. The Kier molecular flexibility index (Phi) is 3.97. The van der Waals surface area contributed by atoms with Gasteiger partial charge in [0.15, 0.2) is 0 Å². The van der Waals surface area contributed by atoms with E-state index in [-0.39, 0.29) is 18.2 Å². The van der Waals surface area contributed by atoms with Gasteiger partial charge in [0, 0.05) is 0 Å². The van der Waals surface area contributed by atoms with Gasteiger partial charge in [0.25, 0.3) is 0 Å². The Morgan fingerprint density at radius 2 is 2.07 bits per heavy atom. The molecule has 1 heterocycles. The van der Waals surface area contributed by atoms with Crippen LogP contribution in [-0.2, 0) is 19.0 Å². The zero-order chi connectivity index (χ0) is 10.5. The SMILES string of the molecule is O=C(CC1CCOCO1)OC1CCCC1. The molecule has 0 amide bonds. The number of esters is 1. The maximum Gasteiger partial charge on any atom is 0.308 e. The summed E-state index contributed by atoms with van der Waals surface area (Å²) in [6.45, 7) is 0.989. The summed E-state index contributed by atoms with van der Waals surface area (Å²) in [5, 5.41) is 0. The Morgan fingerprint density at radius 3 is 2.73 bits per heavy atom. The summed E-state index contributed by atoms with van der Waals surface area (Å²) < 4.78 is 15.7. The fourth-order valence-electron chi connectivity index (χ4n) is 2.09. The van der Waals surface area contributed by atoms with E-state index in [0.29, 0.717) is 19.8 Å². The minimum atomic E-state index is -0.117. The molecule has 2 fully saturated rings. The van der Waals surface area contributed by atoms with Crippen LogP contribution in [0.1, 0.15) is 38.5 Å². The van der Waals surface area contributed by atoms with Crippen LogP contribution in [0.2, 0.25) is 0 Å². The number of carbonyl (C=O) groups is 1. The van der Waals surface area contributed by atoms with Crippen LogP contribution in [0.3, 0.4) is 0 Å². The van der Waals surface area contributed by atoms with Gasteiger partial charge in [-0.15, -0.1) is 0 Å². The first-order chi connectivity index (χ1) is 7.34. The number of rotatable bonds is 3. The van der Waals surface area contributed by atoms with E-state index in [1.807, 2.05) is 0 Å². The van der Waals surface area contributed by atoms with E-state index >= 15 is 0 Å². The van der Waals surface area contributed by atoms with Crippen molar-refractivity contribution in [1.82, 2.24) is 0 Å². The predicted molar refractivity (Wildman–Crippen MR) is 53.3 cm³/mol. The fraction of sp³-hybridized carbons (Fsp3) is 0.909. The van der Waals surface area contributed by atoms with Crippen molar-refractivity contribution in [3.05, 3.63) is 0 Å². The first kappa shape index (κ1) is 10.9. The maximum absolute atomic E-state index is 11.5. The Morgan fingerprint density at radius 1 is 1.27 bits per heavy atom. The Hall–Kier alpha value is -0.610. The highest BCUT2D eigenvalue weighted by atomic mass is 16.7. The molecular weight excluding hydrogens is 196 g/mol. The molecule has 0 aromatic heterocycles. The summed E-state index contributed by atoms with van der Waals surface area (Å²) in [5.41, 5.74) is 0. The topological polar surface area (TPSA) is 44.8 Å². The van der Waals surface area contributed by atoms with Gasteiger partial charge in [0.2, 0.25) is 0 Å². The normalized spacial score (nSPS) is 27.9. The van der Waals surface area contributed by atoms with E-state index in [4.69, 9.17) is 14.2 Å². The molecule has 0 aromatic rings. The summed E-state index contributed by atoms with van der Waals surface area (Å²) in [5.74, 6) is -0.117. The molecule has 4 nitrogen and oxygen atoms in total. The lowest BCUT2D eigenvalue weighted by molar-refractivity contribution is -0.165. The van der Waals surface area contributed by atoms with E-state index in [0.717, 1.165) is 19.3 Å². The second-order valence-corrected chi connectivity index (χ2v) is 4.20. The van der Waals surface area contributed by atoms with Crippen molar-refractivity contribution in [2.45, 2.75) is 50.7 Å². The van der Waals surface area contributed by atoms with Crippen LogP contribution in [0.15, 0.2) is 0 Å². The first-order valence-electron chi connectivity index (χ1n) is 5.73. The average Bonchev–Trinajstić information content (AvgIpc) is 2.71. The molecule has 1 aliphatic carbocycles. The van der Waals surface area contributed by atoms with Gasteiger partial charge in [0.05, 0.1) is 19.1 Å². The van der Waals surface area contributed by atoms with Gasteiger partial charge in [-0.2, -0.15) is 0 Å². The Bertz CT molecular complexity index is 205. The van der Waals surface area contributed by atoms with Crippen LogP contribution in [0, 0.1) is 0 Å². The third-order valence-electron chi connectivity index (χ3n) is 2.97. The number of hydrogen-bond acceptors (Lipinski definition) is 4. The number of hydrogen-bond donors (Lipinski definition) is 0. The first-order valence-corrected chi connectivity index (χ1v) is 5.73. The van der Waals surface area contributed by atoms with Gasteiger partial charge < -0.3 is 14.2 Å². The highest BCUT2D eigenvalue weighted by Crippen LogP contribution is 2.22. The van der Waals surface area contributed by atoms with E-state index in [1.165, 1.54) is 12.8 Å². The average molecular weight is 214 g/mol. The predicted octanol–water partition coefficient (Wildman–Crippen LogP) is 1.63. The molecule has 2 rings (SSSR count). The molecule has 0 N–H and O–H groups in total. The summed E-state index contributed by atoms with van der Waals surface area (Å²) >= 11 is 0. The smallest absolute Gasteiger partial charge is 0.308 e. The molecular formula is C11H18O4.